The summed E-state index contributed by atoms with van der Waals surface area (Å²) in [5.74, 6) is -0.0688. The van der Waals surface area contributed by atoms with Crippen molar-refractivity contribution in [1.29, 1.82) is 0 Å². The molecule has 0 saturated heterocycles. The fourth-order valence-corrected chi connectivity index (χ4v) is 1.41. The van der Waals surface area contributed by atoms with E-state index >= 15 is 0 Å². The summed E-state index contributed by atoms with van der Waals surface area (Å²) in [6.45, 7) is 1.91. The molecular weight excluding hydrogens is 190 g/mol. The highest BCUT2D eigenvalue weighted by Crippen LogP contribution is 2.32. The Bertz CT molecular complexity index is 359. The Morgan fingerprint density at radius 3 is 2.87 bits per heavy atom. The van der Waals surface area contributed by atoms with Crippen LogP contribution in [0.5, 0.6) is 0 Å². The number of nitrogens with one attached hydrogen (secondary N) is 1. The third-order valence-electron chi connectivity index (χ3n) is 2.72. The van der Waals surface area contributed by atoms with E-state index in [0.717, 1.165) is 18.5 Å². The van der Waals surface area contributed by atoms with Crippen LogP contribution in [0.4, 0.5) is 0 Å². The van der Waals surface area contributed by atoms with E-state index in [1.54, 1.807) is 6.20 Å². The van der Waals surface area contributed by atoms with E-state index in [9.17, 15) is 4.79 Å². The first-order valence-electron chi connectivity index (χ1n) is 5.13. The third-order valence-corrected chi connectivity index (χ3v) is 2.72. The van der Waals surface area contributed by atoms with Gasteiger partial charge in [0.1, 0.15) is 0 Å². The molecule has 1 amide bonds. The van der Waals surface area contributed by atoms with Crippen LogP contribution < -0.4 is 11.1 Å². The molecule has 1 fully saturated rings. The summed E-state index contributed by atoms with van der Waals surface area (Å²) in [7, 11) is 0. The summed E-state index contributed by atoms with van der Waals surface area (Å²) in [6.07, 6.45) is 3.29. The van der Waals surface area contributed by atoms with Gasteiger partial charge in [-0.15, -0.1) is 0 Å². The Kier molecular flexibility index (Phi) is 2.44. The van der Waals surface area contributed by atoms with Crippen molar-refractivity contribution in [3.8, 4) is 0 Å². The molecule has 1 atom stereocenters. The van der Waals surface area contributed by atoms with Crippen LogP contribution in [0.15, 0.2) is 24.4 Å². The van der Waals surface area contributed by atoms with Crippen LogP contribution in [0.25, 0.3) is 0 Å². The zero-order chi connectivity index (χ0) is 10.9. The van der Waals surface area contributed by atoms with Crippen LogP contribution in [0, 0.1) is 0 Å². The average molecular weight is 205 g/mol. The third kappa shape index (κ3) is 2.15. The van der Waals surface area contributed by atoms with Crippen molar-refractivity contribution in [3.05, 3.63) is 30.1 Å². The van der Waals surface area contributed by atoms with E-state index in [4.69, 9.17) is 5.73 Å². The van der Waals surface area contributed by atoms with Crippen LogP contribution in [0.2, 0.25) is 0 Å². The van der Waals surface area contributed by atoms with Crippen LogP contribution in [-0.4, -0.2) is 16.4 Å². The lowest BCUT2D eigenvalue weighted by Gasteiger charge is -2.16. The summed E-state index contributed by atoms with van der Waals surface area (Å²) in [5.41, 5.74) is 6.03. The molecule has 4 heteroatoms. The minimum Gasteiger partial charge on any atom is -0.346 e. The van der Waals surface area contributed by atoms with E-state index in [-0.39, 0.29) is 11.9 Å². The largest absolute Gasteiger partial charge is 0.346 e. The Balaban J connectivity index is 1.98. The first-order chi connectivity index (χ1) is 7.12. The number of carbonyl (C=O) groups excluding carboxylic acids is 1. The smallest absolute Gasteiger partial charge is 0.240 e. The molecule has 1 aliphatic carbocycles. The quantitative estimate of drug-likeness (QED) is 0.765. The number of pyridine rings is 1. The number of hydrogen-bond donors (Lipinski definition) is 2. The van der Waals surface area contributed by atoms with E-state index < -0.39 is 5.54 Å². The number of amides is 1. The Hall–Kier alpha value is -1.42. The van der Waals surface area contributed by atoms with Gasteiger partial charge in [-0.1, -0.05) is 6.07 Å². The topological polar surface area (TPSA) is 68.0 Å². The van der Waals surface area contributed by atoms with Gasteiger partial charge in [-0.05, 0) is 31.9 Å². The molecule has 1 aromatic rings. The number of aromatic nitrogens is 1. The number of hydrogen-bond acceptors (Lipinski definition) is 3. The predicted molar refractivity (Wildman–Crippen MR) is 56.9 cm³/mol. The van der Waals surface area contributed by atoms with Crippen molar-refractivity contribution in [2.45, 2.75) is 31.3 Å². The Labute approximate surface area is 88.9 Å². The molecule has 1 saturated carbocycles. The lowest BCUT2D eigenvalue weighted by atomic mass is 10.2. The predicted octanol–water partition coefficient (Wildman–Crippen LogP) is 0.750. The maximum Gasteiger partial charge on any atom is 0.240 e. The molecule has 0 unspecified atom stereocenters. The molecule has 1 aromatic heterocycles. The van der Waals surface area contributed by atoms with E-state index in [1.807, 2.05) is 25.1 Å². The number of rotatable bonds is 3. The SMILES string of the molecule is C[C@H](NC(=O)C1(N)CC1)c1ccccn1. The second kappa shape index (κ2) is 3.62. The van der Waals surface area contributed by atoms with Gasteiger partial charge in [0.15, 0.2) is 0 Å². The van der Waals surface area contributed by atoms with Crippen LogP contribution in [-0.2, 0) is 4.79 Å². The molecule has 80 valence electrons. The van der Waals surface area contributed by atoms with Crippen molar-refractivity contribution < 1.29 is 4.79 Å². The molecule has 0 radical (unpaired) electrons. The number of nitrogens with zero attached hydrogens (tertiary/aromatic N) is 1. The highest BCUT2D eigenvalue weighted by molar-refractivity contribution is 5.89. The summed E-state index contributed by atoms with van der Waals surface area (Å²) in [5, 5.41) is 2.87. The van der Waals surface area contributed by atoms with Gasteiger partial charge in [0.05, 0.1) is 17.3 Å². The van der Waals surface area contributed by atoms with Gasteiger partial charge >= 0.3 is 0 Å². The molecule has 3 N–H and O–H groups in total. The van der Waals surface area contributed by atoms with Gasteiger partial charge in [-0.2, -0.15) is 0 Å². The highest BCUT2D eigenvalue weighted by atomic mass is 16.2. The van der Waals surface area contributed by atoms with E-state index in [1.165, 1.54) is 0 Å². The first-order valence-corrected chi connectivity index (χ1v) is 5.13. The molecule has 0 bridgehead atoms. The van der Waals surface area contributed by atoms with Crippen LogP contribution >= 0.6 is 0 Å². The molecule has 0 spiro atoms. The van der Waals surface area contributed by atoms with Gasteiger partial charge in [-0.3, -0.25) is 9.78 Å². The van der Waals surface area contributed by atoms with Crippen molar-refractivity contribution >= 4 is 5.91 Å². The molecule has 15 heavy (non-hydrogen) atoms. The highest BCUT2D eigenvalue weighted by Gasteiger charge is 2.46. The maximum absolute atomic E-state index is 11.6. The van der Waals surface area contributed by atoms with E-state index in [2.05, 4.69) is 10.3 Å². The fraction of sp³-hybridized carbons (Fsp3) is 0.455. The molecule has 1 aliphatic rings. The Morgan fingerprint density at radius 2 is 2.33 bits per heavy atom. The minimum absolute atomic E-state index is 0.0688. The second-order valence-electron chi connectivity index (χ2n) is 4.11. The monoisotopic (exact) mass is 205 g/mol. The maximum atomic E-state index is 11.6. The van der Waals surface area contributed by atoms with Gasteiger partial charge in [0.2, 0.25) is 5.91 Å². The summed E-state index contributed by atoms with van der Waals surface area (Å²) >= 11 is 0. The molecule has 0 aliphatic heterocycles. The summed E-state index contributed by atoms with van der Waals surface area (Å²) < 4.78 is 0. The fourth-order valence-electron chi connectivity index (χ4n) is 1.41. The second-order valence-corrected chi connectivity index (χ2v) is 4.11. The molecular formula is C11H15N3O. The normalized spacial score (nSPS) is 19.3. The number of carbonyl (C=O) groups is 1. The van der Waals surface area contributed by atoms with Crippen LogP contribution in [0.3, 0.4) is 0 Å². The standard InChI is InChI=1S/C11H15N3O/c1-8(9-4-2-3-7-13-9)14-10(15)11(12)5-6-11/h2-4,7-8H,5-6,12H2,1H3,(H,14,15)/t8-/m0/s1. The lowest BCUT2D eigenvalue weighted by Crippen LogP contribution is -2.43. The van der Waals surface area contributed by atoms with Crippen molar-refractivity contribution in [3.63, 3.8) is 0 Å². The van der Waals surface area contributed by atoms with Gasteiger partial charge in [0.25, 0.3) is 0 Å². The lowest BCUT2D eigenvalue weighted by molar-refractivity contribution is -0.123. The van der Waals surface area contributed by atoms with Crippen LogP contribution in [0.1, 0.15) is 31.5 Å². The van der Waals surface area contributed by atoms with E-state index in [0.29, 0.717) is 0 Å². The molecule has 4 nitrogen and oxygen atoms in total. The molecule has 0 aromatic carbocycles. The zero-order valence-corrected chi connectivity index (χ0v) is 8.73. The number of nitrogens with two attached hydrogens (primary N) is 1. The first kappa shape index (κ1) is 10.1. The summed E-state index contributed by atoms with van der Waals surface area (Å²) in [6, 6.07) is 5.56. The molecule has 1 heterocycles. The zero-order valence-electron chi connectivity index (χ0n) is 8.73. The average Bonchev–Trinajstić information content (AvgIpc) is 2.99. The Morgan fingerprint density at radius 1 is 1.60 bits per heavy atom. The van der Waals surface area contributed by atoms with Crippen molar-refractivity contribution in [2.75, 3.05) is 0 Å². The van der Waals surface area contributed by atoms with Gasteiger partial charge in [-0.25, -0.2) is 0 Å². The van der Waals surface area contributed by atoms with Gasteiger partial charge < -0.3 is 11.1 Å². The minimum atomic E-state index is -0.608. The summed E-state index contributed by atoms with van der Waals surface area (Å²) in [4.78, 5) is 15.8. The molecule has 2 rings (SSSR count). The van der Waals surface area contributed by atoms with Crippen molar-refractivity contribution in [1.82, 2.24) is 10.3 Å². The van der Waals surface area contributed by atoms with Crippen molar-refractivity contribution in [2.24, 2.45) is 5.73 Å². The van der Waals surface area contributed by atoms with Gasteiger partial charge in [0, 0.05) is 6.20 Å².